The van der Waals surface area contributed by atoms with Crippen LogP contribution in [-0.2, 0) is 13.0 Å². The van der Waals surface area contributed by atoms with Gasteiger partial charge in [-0.05, 0) is 65.2 Å². The van der Waals surface area contributed by atoms with Crippen LogP contribution in [0.5, 0.6) is 11.5 Å². The molecule has 32 heavy (non-hydrogen) atoms. The molecule has 5 nitrogen and oxygen atoms in total. The molecule has 0 aliphatic heterocycles. The molecule has 1 amide bonds. The first-order valence-corrected chi connectivity index (χ1v) is 10.4. The second-order valence-electron chi connectivity index (χ2n) is 7.74. The van der Waals surface area contributed by atoms with Gasteiger partial charge in [-0.2, -0.15) is 0 Å². The Labute approximate surface area is 186 Å². The van der Waals surface area contributed by atoms with Crippen molar-refractivity contribution in [2.75, 3.05) is 7.11 Å². The minimum absolute atomic E-state index is 0.452. The van der Waals surface area contributed by atoms with Gasteiger partial charge < -0.3 is 15.2 Å². The van der Waals surface area contributed by atoms with Crippen molar-refractivity contribution in [1.29, 1.82) is 0 Å². The van der Waals surface area contributed by atoms with Gasteiger partial charge in [-0.3, -0.25) is 4.79 Å². The van der Waals surface area contributed by atoms with Crippen LogP contribution in [0, 0.1) is 0 Å². The summed E-state index contributed by atoms with van der Waals surface area (Å²) in [5.74, 6) is 1.10. The predicted octanol–water partition coefficient (Wildman–Crippen LogP) is 5.01. The summed E-state index contributed by atoms with van der Waals surface area (Å²) in [6.45, 7) is 0.499. The van der Waals surface area contributed by atoms with Gasteiger partial charge in [0.1, 0.15) is 18.1 Å². The van der Waals surface area contributed by atoms with Gasteiger partial charge in [-0.25, -0.2) is 4.98 Å². The van der Waals surface area contributed by atoms with E-state index in [2.05, 4.69) is 0 Å². The van der Waals surface area contributed by atoms with Crippen LogP contribution < -0.4 is 15.2 Å². The Morgan fingerprint density at radius 3 is 2.44 bits per heavy atom. The second kappa shape index (κ2) is 8.19. The van der Waals surface area contributed by atoms with E-state index in [4.69, 9.17) is 20.2 Å². The van der Waals surface area contributed by atoms with E-state index in [9.17, 15) is 4.79 Å². The number of hydrogen-bond acceptors (Lipinski definition) is 4. The number of nitrogens with zero attached hydrogens (tertiary/aromatic N) is 1. The van der Waals surface area contributed by atoms with Crippen molar-refractivity contribution < 1.29 is 14.3 Å². The number of carbonyl (C=O) groups excluding carboxylic acids is 1. The summed E-state index contributed by atoms with van der Waals surface area (Å²) in [6, 6.07) is 25.4. The molecule has 1 heterocycles. The highest BCUT2D eigenvalue weighted by Gasteiger charge is 2.26. The molecule has 0 spiro atoms. The molecule has 0 saturated carbocycles. The van der Waals surface area contributed by atoms with E-state index in [0.717, 1.165) is 45.0 Å². The molecule has 1 aliphatic rings. The van der Waals surface area contributed by atoms with Crippen molar-refractivity contribution in [3.8, 4) is 34.0 Å². The molecule has 5 heteroatoms. The summed E-state index contributed by atoms with van der Waals surface area (Å²) < 4.78 is 11.2. The highest BCUT2D eigenvalue weighted by Crippen LogP contribution is 2.40. The van der Waals surface area contributed by atoms with E-state index in [1.54, 1.807) is 13.2 Å². The summed E-state index contributed by atoms with van der Waals surface area (Å²) in [5.41, 5.74) is 12.7. The normalized spacial score (nSPS) is 11.5. The smallest absolute Gasteiger partial charge is 0.249 e. The van der Waals surface area contributed by atoms with Crippen LogP contribution in [0.25, 0.3) is 22.5 Å². The Bertz CT molecular complexity index is 1300. The third-order valence-electron chi connectivity index (χ3n) is 5.72. The van der Waals surface area contributed by atoms with Gasteiger partial charge in [-0.1, -0.05) is 30.3 Å². The molecule has 158 valence electrons. The Morgan fingerprint density at radius 2 is 1.72 bits per heavy atom. The minimum Gasteiger partial charge on any atom is -0.497 e. The van der Waals surface area contributed by atoms with Crippen molar-refractivity contribution in [2.45, 2.75) is 13.0 Å². The van der Waals surface area contributed by atoms with Crippen LogP contribution in [0.2, 0.25) is 0 Å². The van der Waals surface area contributed by atoms with Gasteiger partial charge in [0.05, 0.1) is 18.5 Å². The summed E-state index contributed by atoms with van der Waals surface area (Å²) in [7, 11) is 1.63. The Balaban J connectivity index is 1.49. The van der Waals surface area contributed by atoms with Gasteiger partial charge in [-0.15, -0.1) is 0 Å². The number of rotatable bonds is 6. The van der Waals surface area contributed by atoms with Crippen molar-refractivity contribution in [3.05, 3.63) is 101 Å². The molecule has 0 bridgehead atoms. The van der Waals surface area contributed by atoms with Gasteiger partial charge in [0.25, 0.3) is 0 Å². The third-order valence-corrected chi connectivity index (χ3v) is 5.72. The first kappa shape index (κ1) is 19.8. The lowest BCUT2D eigenvalue weighted by Gasteiger charge is -2.10. The number of amides is 1. The average Bonchev–Trinajstić information content (AvgIpc) is 3.20. The van der Waals surface area contributed by atoms with Crippen molar-refractivity contribution in [1.82, 2.24) is 4.98 Å². The molecule has 0 atom stereocenters. The Kier molecular flexibility index (Phi) is 5.07. The minimum atomic E-state index is -0.452. The number of pyridine rings is 1. The van der Waals surface area contributed by atoms with Crippen LogP contribution in [0.4, 0.5) is 0 Å². The molecule has 4 aromatic rings. The zero-order valence-corrected chi connectivity index (χ0v) is 17.7. The SMILES string of the molecule is COc1ccc(-c2cc(C(N)=O)c3c(n2)-c2ccc(OCc4ccccc4)cc2C3)cc1. The fourth-order valence-corrected chi connectivity index (χ4v) is 4.07. The van der Waals surface area contributed by atoms with Gasteiger partial charge in [0.2, 0.25) is 5.91 Å². The lowest BCUT2D eigenvalue weighted by molar-refractivity contribution is 0.0999. The topological polar surface area (TPSA) is 74.4 Å². The van der Waals surface area contributed by atoms with E-state index in [0.29, 0.717) is 24.3 Å². The predicted molar refractivity (Wildman–Crippen MR) is 124 cm³/mol. The summed E-state index contributed by atoms with van der Waals surface area (Å²) in [6.07, 6.45) is 0.599. The van der Waals surface area contributed by atoms with Crippen molar-refractivity contribution in [3.63, 3.8) is 0 Å². The summed E-state index contributed by atoms with van der Waals surface area (Å²) >= 11 is 0. The number of nitrogens with two attached hydrogens (primary N) is 1. The van der Waals surface area contributed by atoms with Crippen LogP contribution in [0.3, 0.4) is 0 Å². The molecule has 3 aromatic carbocycles. The van der Waals surface area contributed by atoms with E-state index in [1.807, 2.05) is 72.8 Å². The quantitative estimate of drug-likeness (QED) is 0.418. The highest BCUT2D eigenvalue weighted by molar-refractivity contribution is 5.98. The molecule has 5 rings (SSSR count). The van der Waals surface area contributed by atoms with Gasteiger partial charge in [0.15, 0.2) is 0 Å². The zero-order valence-electron chi connectivity index (χ0n) is 17.7. The maximum absolute atomic E-state index is 12.3. The molecular weight excluding hydrogens is 400 g/mol. The van der Waals surface area contributed by atoms with Crippen LogP contribution in [0.15, 0.2) is 78.9 Å². The summed E-state index contributed by atoms with van der Waals surface area (Å²) in [4.78, 5) is 17.2. The highest BCUT2D eigenvalue weighted by atomic mass is 16.5. The molecule has 0 fully saturated rings. The number of ether oxygens (including phenoxy) is 2. The van der Waals surface area contributed by atoms with Crippen LogP contribution >= 0.6 is 0 Å². The number of hydrogen-bond donors (Lipinski definition) is 1. The number of benzene rings is 3. The Morgan fingerprint density at radius 1 is 0.969 bits per heavy atom. The fourth-order valence-electron chi connectivity index (χ4n) is 4.07. The third kappa shape index (κ3) is 3.69. The molecule has 2 N–H and O–H groups in total. The van der Waals surface area contributed by atoms with Crippen LogP contribution in [0.1, 0.15) is 27.0 Å². The van der Waals surface area contributed by atoms with E-state index >= 15 is 0 Å². The van der Waals surface area contributed by atoms with Crippen LogP contribution in [-0.4, -0.2) is 18.0 Å². The summed E-state index contributed by atoms with van der Waals surface area (Å²) in [5, 5.41) is 0. The van der Waals surface area contributed by atoms with Gasteiger partial charge >= 0.3 is 0 Å². The first-order chi connectivity index (χ1) is 15.6. The molecule has 0 unspecified atom stereocenters. The second-order valence-corrected chi connectivity index (χ2v) is 7.74. The maximum atomic E-state index is 12.3. The largest absolute Gasteiger partial charge is 0.497 e. The average molecular weight is 422 g/mol. The first-order valence-electron chi connectivity index (χ1n) is 10.4. The maximum Gasteiger partial charge on any atom is 0.249 e. The molecular formula is C27H22N2O3. The van der Waals surface area contributed by atoms with E-state index < -0.39 is 5.91 Å². The fraction of sp³-hybridized carbons (Fsp3) is 0.111. The van der Waals surface area contributed by atoms with E-state index in [-0.39, 0.29) is 0 Å². The number of carbonyl (C=O) groups is 1. The Hall–Kier alpha value is -4.12. The molecule has 0 saturated heterocycles. The number of fused-ring (bicyclic) bond motifs is 3. The number of primary amides is 1. The van der Waals surface area contributed by atoms with Crippen molar-refractivity contribution >= 4 is 5.91 Å². The van der Waals surface area contributed by atoms with Crippen molar-refractivity contribution in [2.24, 2.45) is 5.73 Å². The lowest BCUT2D eigenvalue weighted by atomic mass is 10.0. The standard InChI is InChI=1S/C27H22N2O3/c1-31-20-9-7-18(8-10-20)25-15-24(27(28)30)23-14-19-13-21(11-12-22(19)26(23)29-25)32-16-17-5-3-2-4-6-17/h2-13,15H,14,16H2,1H3,(H2,28,30). The lowest BCUT2D eigenvalue weighted by Crippen LogP contribution is -2.14. The zero-order chi connectivity index (χ0) is 22.1. The molecule has 1 aromatic heterocycles. The number of aromatic nitrogens is 1. The number of methoxy groups -OCH3 is 1. The van der Waals surface area contributed by atoms with Gasteiger partial charge in [0, 0.05) is 23.1 Å². The van der Waals surface area contributed by atoms with E-state index in [1.165, 1.54) is 0 Å². The molecule has 0 radical (unpaired) electrons. The monoisotopic (exact) mass is 422 g/mol. The molecule has 1 aliphatic carbocycles.